The number of hydrogen-bond donors (Lipinski definition) is 3. The van der Waals surface area contributed by atoms with Crippen LogP contribution in [0.5, 0.6) is 0 Å². The Labute approximate surface area is 144 Å². The Hall–Kier alpha value is -2.43. The molecule has 1 atom stereocenters. The molecule has 1 amide bonds. The first-order valence-corrected chi connectivity index (χ1v) is 8.60. The fourth-order valence-electron chi connectivity index (χ4n) is 1.64. The Morgan fingerprint density at radius 1 is 1.33 bits per heavy atom. The lowest BCUT2D eigenvalue weighted by atomic mass is 10.3. The van der Waals surface area contributed by atoms with Gasteiger partial charge in [0, 0.05) is 12.6 Å². The van der Waals surface area contributed by atoms with Crippen LogP contribution in [0.15, 0.2) is 11.5 Å². The number of nitrogens with two attached hydrogens (primary N) is 1. The van der Waals surface area contributed by atoms with Crippen molar-refractivity contribution in [2.45, 2.75) is 38.4 Å². The summed E-state index contributed by atoms with van der Waals surface area (Å²) in [5, 5.41) is 11.0. The van der Waals surface area contributed by atoms with Crippen LogP contribution >= 0.6 is 11.8 Å². The highest BCUT2D eigenvalue weighted by atomic mass is 32.2. The van der Waals surface area contributed by atoms with Crippen LogP contribution in [0, 0.1) is 0 Å². The molecule has 0 aliphatic heterocycles. The van der Waals surface area contributed by atoms with Gasteiger partial charge in [0.15, 0.2) is 0 Å². The molecule has 2 aromatic heterocycles. The van der Waals surface area contributed by atoms with Crippen LogP contribution in [-0.2, 0) is 4.79 Å². The number of primary amides is 1. The molecule has 2 aromatic rings. The van der Waals surface area contributed by atoms with Crippen LogP contribution in [0.1, 0.15) is 27.2 Å². The van der Waals surface area contributed by atoms with E-state index >= 15 is 0 Å². The molecule has 2 rings (SSSR count). The van der Waals surface area contributed by atoms with Gasteiger partial charge in [0.2, 0.25) is 23.0 Å². The maximum Gasteiger partial charge on any atom is 0.258 e. The van der Waals surface area contributed by atoms with Gasteiger partial charge >= 0.3 is 0 Å². The molecule has 0 bridgehead atoms. The number of rotatable bonds is 9. The van der Waals surface area contributed by atoms with Crippen molar-refractivity contribution in [1.29, 1.82) is 0 Å². The molecule has 11 heteroatoms. The van der Waals surface area contributed by atoms with Crippen LogP contribution in [0.25, 0.3) is 5.95 Å². The minimum absolute atomic E-state index is 0.116. The minimum atomic E-state index is -0.425. The van der Waals surface area contributed by atoms with Crippen molar-refractivity contribution in [3.05, 3.63) is 6.33 Å². The van der Waals surface area contributed by atoms with Crippen molar-refractivity contribution in [2.75, 3.05) is 22.9 Å². The van der Waals surface area contributed by atoms with Gasteiger partial charge < -0.3 is 16.4 Å². The number of thioether (sulfide) groups is 1. The number of aromatic nitrogens is 6. The lowest BCUT2D eigenvalue weighted by molar-refractivity contribution is -0.115. The molecule has 0 aliphatic rings. The normalized spacial score (nSPS) is 12.0. The van der Waals surface area contributed by atoms with Crippen LogP contribution in [0.3, 0.4) is 0 Å². The van der Waals surface area contributed by atoms with Crippen LogP contribution < -0.4 is 16.4 Å². The van der Waals surface area contributed by atoms with Gasteiger partial charge in [-0.1, -0.05) is 18.7 Å². The summed E-state index contributed by atoms with van der Waals surface area (Å²) in [6, 6.07) is 0.229. The van der Waals surface area contributed by atoms with Gasteiger partial charge in [0.05, 0.1) is 5.75 Å². The van der Waals surface area contributed by atoms with Crippen molar-refractivity contribution >= 4 is 29.6 Å². The van der Waals surface area contributed by atoms with Gasteiger partial charge in [0.25, 0.3) is 5.95 Å². The average Bonchev–Trinajstić information content (AvgIpc) is 3.02. The fourth-order valence-corrected chi connectivity index (χ4v) is 2.18. The molecule has 2 heterocycles. The Morgan fingerprint density at radius 3 is 2.75 bits per heavy atom. The predicted octanol–water partition coefficient (Wildman–Crippen LogP) is 0.672. The Balaban J connectivity index is 2.25. The molecule has 0 saturated carbocycles. The van der Waals surface area contributed by atoms with Gasteiger partial charge in [-0.2, -0.15) is 19.6 Å². The summed E-state index contributed by atoms with van der Waals surface area (Å²) in [6.07, 6.45) is 2.43. The molecular weight excluding hydrogens is 330 g/mol. The first-order valence-electron chi connectivity index (χ1n) is 7.61. The van der Waals surface area contributed by atoms with E-state index in [1.54, 1.807) is 0 Å². The summed E-state index contributed by atoms with van der Waals surface area (Å²) in [7, 11) is 0. The first kappa shape index (κ1) is 17.9. The highest BCUT2D eigenvalue weighted by Crippen LogP contribution is 2.14. The largest absolute Gasteiger partial charge is 0.369 e. The number of nitrogens with zero attached hydrogens (tertiary/aromatic N) is 6. The zero-order valence-electron chi connectivity index (χ0n) is 13.9. The number of anilines is 2. The zero-order chi connectivity index (χ0) is 17.5. The predicted molar refractivity (Wildman–Crippen MR) is 92.2 cm³/mol. The van der Waals surface area contributed by atoms with E-state index in [0.29, 0.717) is 29.5 Å². The van der Waals surface area contributed by atoms with Crippen molar-refractivity contribution in [3.8, 4) is 5.95 Å². The van der Waals surface area contributed by atoms with Crippen molar-refractivity contribution in [2.24, 2.45) is 5.73 Å². The third-order valence-electron chi connectivity index (χ3n) is 2.97. The van der Waals surface area contributed by atoms with E-state index in [4.69, 9.17) is 5.73 Å². The number of carbonyl (C=O) groups excluding carboxylic acids is 1. The summed E-state index contributed by atoms with van der Waals surface area (Å²) in [6.45, 7) is 6.76. The van der Waals surface area contributed by atoms with E-state index in [0.717, 1.165) is 18.2 Å². The Morgan fingerprint density at radius 2 is 2.08 bits per heavy atom. The third-order valence-corrected chi connectivity index (χ3v) is 3.84. The molecule has 0 aliphatic carbocycles. The summed E-state index contributed by atoms with van der Waals surface area (Å²) in [5.41, 5.74) is 5.12. The maximum atomic E-state index is 10.8. The van der Waals surface area contributed by atoms with E-state index in [1.165, 1.54) is 11.0 Å². The van der Waals surface area contributed by atoms with Gasteiger partial charge in [-0.25, -0.2) is 4.98 Å². The van der Waals surface area contributed by atoms with Crippen LogP contribution in [-0.4, -0.2) is 54.0 Å². The van der Waals surface area contributed by atoms with E-state index in [9.17, 15) is 4.79 Å². The highest BCUT2D eigenvalue weighted by molar-refractivity contribution is 7.99. The van der Waals surface area contributed by atoms with Crippen molar-refractivity contribution in [3.63, 3.8) is 0 Å². The summed E-state index contributed by atoms with van der Waals surface area (Å²) < 4.78 is 1.44. The smallest absolute Gasteiger partial charge is 0.258 e. The number of amides is 1. The van der Waals surface area contributed by atoms with Gasteiger partial charge in [-0.05, 0) is 20.3 Å². The molecule has 4 N–H and O–H groups in total. The second-order valence-electron chi connectivity index (χ2n) is 4.99. The van der Waals surface area contributed by atoms with E-state index < -0.39 is 5.91 Å². The molecule has 0 aromatic carbocycles. The number of hydrogen-bond acceptors (Lipinski definition) is 9. The molecular formula is C13H21N9OS. The zero-order valence-corrected chi connectivity index (χ0v) is 14.7. The summed E-state index contributed by atoms with van der Waals surface area (Å²) in [5.74, 6) is 0.948. The minimum Gasteiger partial charge on any atom is -0.369 e. The molecule has 24 heavy (non-hydrogen) atoms. The molecule has 0 fully saturated rings. The van der Waals surface area contributed by atoms with E-state index in [1.807, 2.05) is 13.8 Å². The average molecular weight is 351 g/mol. The molecule has 0 spiro atoms. The second kappa shape index (κ2) is 8.43. The lowest BCUT2D eigenvalue weighted by Crippen LogP contribution is -2.18. The highest BCUT2D eigenvalue weighted by Gasteiger charge is 2.12. The monoisotopic (exact) mass is 351 g/mol. The summed E-state index contributed by atoms with van der Waals surface area (Å²) >= 11 is 1.16. The molecule has 1 unspecified atom stereocenters. The van der Waals surface area contributed by atoms with Crippen LogP contribution in [0.4, 0.5) is 11.9 Å². The molecule has 0 radical (unpaired) electrons. The second-order valence-corrected chi connectivity index (χ2v) is 5.94. The molecule has 130 valence electrons. The number of carbonyl (C=O) groups is 1. The topological polar surface area (TPSA) is 137 Å². The Kier molecular flexibility index (Phi) is 6.29. The maximum absolute atomic E-state index is 10.8. The van der Waals surface area contributed by atoms with E-state index in [-0.39, 0.29) is 11.8 Å². The standard InChI is InChI=1S/C13H21N9OS/c1-4-8(3)17-11-18-10(15-5-2)19-12(20-11)22-7-16-13(21-22)24-6-9(14)23/h7-8H,4-6H2,1-3H3,(H2,14,23)(H2,15,17,18,19,20). The number of nitrogens with one attached hydrogen (secondary N) is 2. The fraction of sp³-hybridized carbons (Fsp3) is 0.538. The molecule has 0 saturated heterocycles. The molecule has 10 nitrogen and oxygen atoms in total. The van der Waals surface area contributed by atoms with Crippen molar-refractivity contribution in [1.82, 2.24) is 29.7 Å². The SMILES string of the molecule is CCNc1nc(NC(C)CC)nc(-n2cnc(SCC(N)=O)n2)n1. The first-order chi connectivity index (χ1) is 11.5. The van der Waals surface area contributed by atoms with Gasteiger partial charge in [-0.3, -0.25) is 4.79 Å². The summed E-state index contributed by atoms with van der Waals surface area (Å²) in [4.78, 5) is 28.0. The van der Waals surface area contributed by atoms with Gasteiger partial charge in [0.1, 0.15) is 6.33 Å². The Bertz CT molecular complexity index is 690. The lowest BCUT2D eigenvalue weighted by Gasteiger charge is -2.13. The quantitative estimate of drug-likeness (QED) is 0.557. The van der Waals surface area contributed by atoms with E-state index in [2.05, 4.69) is 42.6 Å². The van der Waals surface area contributed by atoms with Crippen LogP contribution in [0.2, 0.25) is 0 Å². The van der Waals surface area contributed by atoms with Crippen molar-refractivity contribution < 1.29 is 4.79 Å². The third kappa shape index (κ3) is 5.05. The van der Waals surface area contributed by atoms with Gasteiger partial charge in [-0.15, -0.1) is 5.10 Å².